The molecule has 1 fully saturated rings. The molecule has 1 aromatic heterocycles. The van der Waals surface area contributed by atoms with E-state index < -0.39 is 0 Å². The fourth-order valence-corrected chi connectivity index (χ4v) is 4.47. The van der Waals surface area contributed by atoms with Crippen molar-refractivity contribution < 1.29 is 9.53 Å². The van der Waals surface area contributed by atoms with Gasteiger partial charge < -0.3 is 26.2 Å². The first kappa shape index (κ1) is 22.8. The first-order valence-electron chi connectivity index (χ1n) is 11.4. The van der Waals surface area contributed by atoms with Crippen LogP contribution in [0.4, 0.5) is 5.95 Å². The van der Waals surface area contributed by atoms with E-state index >= 15 is 0 Å². The number of amides is 1. The normalized spacial score (nSPS) is 18.1. The lowest BCUT2D eigenvalue weighted by molar-refractivity contribution is 0.0444. The van der Waals surface area contributed by atoms with Crippen molar-refractivity contribution in [2.24, 2.45) is 16.9 Å². The zero-order valence-electron chi connectivity index (χ0n) is 18.9. The summed E-state index contributed by atoms with van der Waals surface area (Å²) in [6, 6.07) is 8.74. The summed E-state index contributed by atoms with van der Waals surface area (Å²) in [6.07, 6.45) is 7.67. The summed E-state index contributed by atoms with van der Waals surface area (Å²) in [7, 11) is 0. The van der Waals surface area contributed by atoms with Crippen LogP contribution < -0.4 is 11.2 Å². The van der Waals surface area contributed by atoms with Gasteiger partial charge in [0.2, 0.25) is 5.95 Å². The van der Waals surface area contributed by atoms with Crippen LogP contribution in [-0.2, 0) is 17.6 Å². The largest absolute Gasteiger partial charge is 0.372 e. The van der Waals surface area contributed by atoms with Crippen LogP contribution in [0.2, 0.25) is 0 Å². The number of nitrogens with zero attached hydrogens (tertiary/aromatic N) is 4. The van der Waals surface area contributed by atoms with Crippen LogP contribution >= 0.6 is 0 Å². The zero-order valence-corrected chi connectivity index (χ0v) is 18.9. The minimum atomic E-state index is -0.310. The van der Waals surface area contributed by atoms with E-state index in [0.29, 0.717) is 42.8 Å². The van der Waals surface area contributed by atoms with E-state index in [1.165, 1.54) is 11.1 Å². The first-order chi connectivity index (χ1) is 16.1. The summed E-state index contributed by atoms with van der Waals surface area (Å²) in [5.41, 5.74) is 3.66. The number of hydrazone groups is 1. The highest BCUT2D eigenvalue weighted by atomic mass is 16.5. The van der Waals surface area contributed by atoms with E-state index in [4.69, 9.17) is 16.0 Å². The summed E-state index contributed by atoms with van der Waals surface area (Å²) in [5, 5.41) is 14.2. The van der Waals surface area contributed by atoms with Gasteiger partial charge in [0.25, 0.3) is 5.91 Å². The van der Waals surface area contributed by atoms with Crippen molar-refractivity contribution >= 4 is 23.8 Å². The van der Waals surface area contributed by atoms with Gasteiger partial charge in [-0.1, -0.05) is 24.3 Å². The third-order valence-electron chi connectivity index (χ3n) is 6.48. The Bertz CT molecular complexity index is 975. The highest BCUT2D eigenvalue weighted by molar-refractivity contribution is 6.31. The molecule has 1 unspecified atom stereocenters. The lowest BCUT2D eigenvalue weighted by Gasteiger charge is -2.32. The van der Waals surface area contributed by atoms with Gasteiger partial charge in [0.05, 0.1) is 18.3 Å². The van der Waals surface area contributed by atoms with Gasteiger partial charge >= 0.3 is 0 Å². The number of hydrogen-bond acceptors (Lipinski definition) is 8. The number of fused-ring (bicyclic) bond motifs is 1. The summed E-state index contributed by atoms with van der Waals surface area (Å²) in [6.45, 7) is 3.73. The molecule has 0 saturated carbocycles. The number of ether oxygens (including phenoxy) is 1. The number of hydrogen-bond donors (Lipinski definition) is 3. The quantitative estimate of drug-likeness (QED) is 0.322. The molecule has 1 aromatic carbocycles. The number of carbonyl (C=O) groups excluding carboxylic acids is 1. The standard InChI is InChI=1S/C24H31N7O2/c1-16(22(12-25)30-26)33-15-17-6-8-31(9-7-17)23(32)20-13-27-24(28-14-20)29-21-10-18-4-2-3-5-19(18)11-21/h2-5,12-14,16-17,21,25H,6-11,15,26H2,1H3,(H,27,28,29)/b25-12?,30-22+. The summed E-state index contributed by atoms with van der Waals surface area (Å²) < 4.78 is 5.80. The summed E-state index contributed by atoms with van der Waals surface area (Å²) in [4.78, 5) is 23.5. The Morgan fingerprint density at radius 1 is 1.27 bits per heavy atom. The predicted molar refractivity (Wildman–Crippen MR) is 128 cm³/mol. The molecule has 33 heavy (non-hydrogen) atoms. The summed E-state index contributed by atoms with van der Waals surface area (Å²) in [5.74, 6) is 6.14. The van der Waals surface area contributed by atoms with E-state index in [1.54, 1.807) is 12.4 Å². The number of rotatable bonds is 8. The number of carbonyl (C=O) groups is 1. The van der Waals surface area contributed by atoms with Crippen LogP contribution in [-0.4, -0.2) is 64.5 Å². The van der Waals surface area contributed by atoms with Crippen molar-refractivity contribution in [2.75, 3.05) is 25.0 Å². The van der Waals surface area contributed by atoms with E-state index in [2.05, 4.69) is 44.7 Å². The van der Waals surface area contributed by atoms with Gasteiger partial charge in [-0.2, -0.15) is 5.10 Å². The maximum absolute atomic E-state index is 12.9. The third kappa shape index (κ3) is 5.54. The third-order valence-corrected chi connectivity index (χ3v) is 6.48. The number of likely N-dealkylation sites (tertiary alicyclic amines) is 1. The van der Waals surface area contributed by atoms with Crippen LogP contribution in [0.3, 0.4) is 0 Å². The molecule has 2 heterocycles. The number of aromatic nitrogens is 2. The molecule has 9 nitrogen and oxygen atoms in total. The van der Waals surface area contributed by atoms with Crippen molar-refractivity contribution in [1.82, 2.24) is 14.9 Å². The van der Waals surface area contributed by atoms with E-state index in [1.807, 2.05) is 11.8 Å². The molecular weight excluding hydrogens is 418 g/mol. The number of benzene rings is 1. The molecule has 1 amide bonds. The topological polar surface area (TPSA) is 130 Å². The van der Waals surface area contributed by atoms with Crippen molar-refractivity contribution in [3.63, 3.8) is 0 Å². The summed E-state index contributed by atoms with van der Waals surface area (Å²) >= 11 is 0. The monoisotopic (exact) mass is 449 g/mol. The van der Waals surface area contributed by atoms with Gasteiger partial charge in [-0.15, -0.1) is 0 Å². The molecule has 0 radical (unpaired) electrons. The Morgan fingerprint density at radius 3 is 2.48 bits per heavy atom. The second kappa shape index (κ2) is 10.5. The van der Waals surface area contributed by atoms with Gasteiger partial charge in [0, 0.05) is 37.7 Å². The molecular formula is C24H31N7O2. The van der Waals surface area contributed by atoms with Gasteiger partial charge in [-0.25, -0.2) is 9.97 Å². The zero-order chi connectivity index (χ0) is 23.2. The second-order valence-electron chi connectivity index (χ2n) is 8.72. The lowest BCUT2D eigenvalue weighted by atomic mass is 9.97. The SMILES string of the molecule is CC(OCC1CCN(C(=O)c2cnc(NC3Cc4ccccc4C3)nc2)CC1)/C(C=N)=N/N. The molecule has 1 aliphatic heterocycles. The van der Waals surface area contributed by atoms with Crippen LogP contribution in [0.1, 0.15) is 41.3 Å². The lowest BCUT2D eigenvalue weighted by Crippen LogP contribution is -2.40. The van der Waals surface area contributed by atoms with Gasteiger partial charge in [0.15, 0.2) is 0 Å². The molecule has 1 aliphatic carbocycles. The van der Waals surface area contributed by atoms with E-state index in [-0.39, 0.29) is 18.1 Å². The molecule has 4 rings (SSSR count). The first-order valence-corrected chi connectivity index (χ1v) is 11.4. The average Bonchev–Trinajstić information content (AvgIpc) is 3.26. The van der Waals surface area contributed by atoms with E-state index in [0.717, 1.165) is 31.9 Å². The minimum absolute atomic E-state index is 0.0380. The van der Waals surface area contributed by atoms with Crippen LogP contribution in [0.5, 0.6) is 0 Å². The number of nitrogens with one attached hydrogen (secondary N) is 2. The molecule has 2 aliphatic rings. The number of anilines is 1. The fourth-order valence-electron chi connectivity index (χ4n) is 4.47. The average molecular weight is 450 g/mol. The Labute approximate surface area is 194 Å². The molecule has 1 saturated heterocycles. The maximum atomic E-state index is 12.9. The highest BCUT2D eigenvalue weighted by Crippen LogP contribution is 2.24. The Balaban J connectivity index is 1.23. The van der Waals surface area contributed by atoms with Crippen LogP contribution in [0, 0.1) is 11.3 Å². The van der Waals surface area contributed by atoms with E-state index in [9.17, 15) is 4.79 Å². The fraction of sp³-hybridized carbons (Fsp3) is 0.458. The van der Waals surface area contributed by atoms with Gasteiger partial charge in [-0.3, -0.25) is 4.79 Å². The van der Waals surface area contributed by atoms with Crippen molar-refractivity contribution in [2.45, 2.75) is 44.8 Å². The molecule has 1 atom stereocenters. The second-order valence-corrected chi connectivity index (χ2v) is 8.72. The molecule has 174 valence electrons. The van der Waals surface area contributed by atoms with Crippen molar-refractivity contribution in [3.05, 3.63) is 53.3 Å². The Kier molecular flexibility index (Phi) is 7.29. The van der Waals surface area contributed by atoms with Crippen molar-refractivity contribution in [3.8, 4) is 0 Å². The molecule has 0 spiro atoms. The predicted octanol–water partition coefficient (Wildman–Crippen LogP) is 2.28. The van der Waals surface area contributed by atoms with Crippen LogP contribution in [0.25, 0.3) is 0 Å². The number of piperidine rings is 1. The molecule has 4 N–H and O–H groups in total. The van der Waals surface area contributed by atoms with Crippen molar-refractivity contribution in [1.29, 1.82) is 5.41 Å². The molecule has 0 bridgehead atoms. The van der Waals surface area contributed by atoms with Gasteiger partial charge in [-0.05, 0) is 49.7 Å². The Morgan fingerprint density at radius 2 is 1.91 bits per heavy atom. The highest BCUT2D eigenvalue weighted by Gasteiger charge is 2.26. The smallest absolute Gasteiger partial charge is 0.256 e. The molecule has 2 aromatic rings. The molecule has 9 heteroatoms. The minimum Gasteiger partial charge on any atom is -0.372 e. The van der Waals surface area contributed by atoms with Crippen LogP contribution in [0.15, 0.2) is 41.8 Å². The number of nitrogens with two attached hydrogens (primary N) is 1. The van der Waals surface area contributed by atoms with Gasteiger partial charge in [0.1, 0.15) is 5.71 Å². The maximum Gasteiger partial charge on any atom is 0.256 e. The Hall–Kier alpha value is -3.33.